The summed E-state index contributed by atoms with van der Waals surface area (Å²) in [4.78, 5) is 11.9. The van der Waals surface area contributed by atoms with E-state index in [2.05, 4.69) is 5.32 Å². The number of amides is 1. The zero-order chi connectivity index (χ0) is 18.9. The van der Waals surface area contributed by atoms with Gasteiger partial charge in [-0.2, -0.15) is 13.2 Å². The molecule has 0 spiro atoms. The minimum absolute atomic E-state index is 0.0147. The van der Waals surface area contributed by atoms with Crippen molar-refractivity contribution in [3.63, 3.8) is 0 Å². The molecule has 0 saturated heterocycles. The number of methoxy groups -OCH3 is 1. The van der Waals surface area contributed by atoms with Crippen LogP contribution in [0, 0.1) is 6.92 Å². The summed E-state index contributed by atoms with van der Waals surface area (Å²) in [5, 5.41) is 2.95. The Balaban J connectivity index is 1.99. The maximum absolute atomic E-state index is 13.1. The van der Waals surface area contributed by atoms with Crippen molar-refractivity contribution in [3.8, 4) is 5.69 Å². The molecule has 1 atom stereocenters. The molecule has 3 rings (SSSR count). The molecule has 1 unspecified atom stereocenters. The Labute approximate surface area is 150 Å². The topological polar surface area (TPSA) is 43.3 Å². The van der Waals surface area contributed by atoms with Crippen molar-refractivity contribution in [3.05, 3.63) is 52.8 Å². The molecule has 1 aliphatic carbocycles. The molecule has 140 valence electrons. The molecule has 1 aromatic carbocycles. The number of hydrogen-bond acceptors (Lipinski definition) is 2. The second kappa shape index (κ2) is 7.15. The van der Waals surface area contributed by atoms with E-state index in [-0.39, 0.29) is 18.6 Å². The minimum Gasteiger partial charge on any atom is -0.375 e. The van der Waals surface area contributed by atoms with Crippen LogP contribution in [0.2, 0.25) is 0 Å². The van der Waals surface area contributed by atoms with Crippen LogP contribution >= 0.6 is 0 Å². The number of benzene rings is 1. The number of carbonyl (C=O) groups excluding carboxylic acids is 1. The van der Waals surface area contributed by atoms with Gasteiger partial charge in [0.1, 0.15) is 6.61 Å². The molecule has 1 aromatic heterocycles. The van der Waals surface area contributed by atoms with Crippen molar-refractivity contribution >= 4 is 5.91 Å². The van der Waals surface area contributed by atoms with Crippen molar-refractivity contribution in [1.29, 1.82) is 0 Å². The highest BCUT2D eigenvalue weighted by atomic mass is 19.4. The average Bonchev–Trinajstić information content (AvgIpc) is 2.91. The van der Waals surface area contributed by atoms with Gasteiger partial charge in [0.2, 0.25) is 5.91 Å². The van der Waals surface area contributed by atoms with Gasteiger partial charge in [-0.3, -0.25) is 4.79 Å². The summed E-state index contributed by atoms with van der Waals surface area (Å²) in [5.74, 6) is -0.199. The van der Waals surface area contributed by atoms with E-state index in [4.69, 9.17) is 4.74 Å². The molecule has 1 amide bonds. The molecule has 0 saturated carbocycles. The molecule has 4 nitrogen and oxygen atoms in total. The van der Waals surface area contributed by atoms with E-state index in [1.165, 1.54) is 19.2 Å². The zero-order valence-electron chi connectivity index (χ0n) is 14.7. The van der Waals surface area contributed by atoms with E-state index >= 15 is 0 Å². The molecule has 0 fully saturated rings. The van der Waals surface area contributed by atoms with E-state index in [0.717, 1.165) is 42.3 Å². The number of halogens is 3. The second-order valence-corrected chi connectivity index (χ2v) is 6.52. The summed E-state index contributed by atoms with van der Waals surface area (Å²) < 4.78 is 45.9. The predicted octanol–water partition coefficient (Wildman–Crippen LogP) is 3.94. The maximum Gasteiger partial charge on any atom is 0.416 e. The third-order valence-corrected chi connectivity index (χ3v) is 4.64. The lowest BCUT2D eigenvalue weighted by molar-refractivity contribution is -0.137. The SMILES string of the molecule is COCC(=O)NC1CCCc2c1cc(C)n2-c1cccc(C(F)(F)F)c1. The fourth-order valence-electron chi connectivity index (χ4n) is 3.60. The smallest absolute Gasteiger partial charge is 0.375 e. The van der Waals surface area contributed by atoms with E-state index < -0.39 is 11.7 Å². The molecular formula is C19H21F3N2O2. The molecule has 0 radical (unpaired) electrons. The van der Waals surface area contributed by atoms with Gasteiger partial charge in [0.05, 0.1) is 11.6 Å². The Kier molecular flexibility index (Phi) is 5.09. The number of aryl methyl sites for hydroxylation is 1. The van der Waals surface area contributed by atoms with Gasteiger partial charge in [0.15, 0.2) is 0 Å². The molecule has 0 aliphatic heterocycles. The van der Waals surface area contributed by atoms with E-state index in [1.807, 2.05) is 17.6 Å². The van der Waals surface area contributed by atoms with Crippen molar-refractivity contribution in [2.24, 2.45) is 0 Å². The number of hydrogen-bond donors (Lipinski definition) is 1. The van der Waals surface area contributed by atoms with Crippen molar-refractivity contribution < 1.29 is 22.7 Å². The van der Waals surface area contributed by atoms with Gasteiger partial charge in [0, 0.05) is 24.2 Å². The van der Waals surface area contributed by atoms with E-state index in [9.17, 15) is 18.0 Å². The van der Waals surface area contributed by atoms with Gasteiger partial charge in [-0.05, 0) is 56.0 Å². The summed E-state index contributed by atoms with van der Waals surface area (Å²) in [7, 11) is 1.46. The molecule has 7 heteroatoms. The molecule has 1 N–H and O–H groups in total. The first-order valence-electron chi connectivity index (χ1n) is 8.48. The zero-order valence-corrected chi connectivity index (χ0v) is 14.7. The van der Waals surface area contributed by atoms with Crippen LogP contribution in [0.4, 0.5) is 13.2 Å². The first-order chi connectivity index (χ1) is 12.3. The van der Waals surface area contributed by atoms with Gasteiger partial charge in [-0.25, -0.2) is 0 Å². The van der Waals surface area contributed by atoms with E-state index in [1.54, 1.807) is 6.07 Å². The van der Waals surface area contributed by atoms with Gasteiger partial charge in [0.25, 0.3) is 0 Å². The van der Waals surface area contributed by atoms with Gasteiger partial charge >= 0.3 is 6.18 Å². The normalized spacial score (nSPS) is 17.0. The van der Waals surface area contributed by atoms with Crippen LogP contribution in [0.3, 0.4) is 0 Å². The molecule has 1 aliphatic rings. The number of nitrogens with one attached hydrogen (secondary N) is 1. The van der Waals surface area contributed by atoms with Crippen LogP contribution in [-0.4, -0.2) is 24.2 Å². The summed E-state index contributed by atoms with van der Waals surface area (Å²) >= 11 is 0. The lowest BCUT2D eigenvalue weighted by Gasteiger charge is -2.25. The lowest BCUT2D eigenvalue weighted by atomic mass is 9.92. The first kappa shape index (κ1) is 18.5. The predicted molar refractivity (Wildman–Crippen MR) is 91.2 cm³/mol. The summed E-state index contributed by atoms with van der Waals surface area (Å²) in [6.07, 6.45) is -1.97. The summed E-state index contributed by atoms with van der Waals surface area (Å²) in [5.41, 5.74) is 2.59. The minimum atomic E-state index is -4.38. The van der Waals surface area contributed by atoms with Gasteiger partial charge in [-0.1, -0.05) is 6.07 Å². The largest absolute Gasteiger partial charge is 0.416 e. The fraction of sp³-hybridized carbons (Fsp3) is 0.421. The quantitative estimate of drug-likeness (QED) is 0.891. The number of alkyl halides is 3. The Morgan fingerprint density at radius 3 is 2.81 bits per heavy atom. The number of fused-ring (bicyclic) bond motifs is 1. The van der Waals surface area contributed by atoms with Crippen molar-refractivity contribution in [2.75, 3.05) is 13.7 Å². The number of aromatic nitrogens is 1. The lowest BCUT2D eigenvalue weighted by Crippen LogP contribution is -2.33. The van der Waals surface area contributed by atoms with Crippen LogP contribution in [0.1, 0.15) is 41.4 Å². The number of carbonyl (C=O) groups is 1. The number of ether oxygens (including phenoxy) is 1. The maximum atomic E-state index is 13.1. The van der Waals surface area contributed by atoms with Crippen LogP contribution < -0.4 is 5.32 Å². The Morgan fingerprint density at radius 1 is 1.35 bits per heavy atom. The summed E-state index contributed by atoms with van der Waals surface area (Å²) in [6, 6.07) is 7.14. The fourth-order valence-corrected chi connectivity index (χ4v) is 3.60. The highest BCUT2D eigenvalue weighted by molar-refractivity contribution is 5.77. The molecule has 0 bridgehead atoms. The van der Waals surface area contributed by atoms with Gasteiger partial charge in [-0.15, -0.1) is 0 Å². The molecule has 1 heterocycles. The highest BCUT2D eigenvalue weighted by Gasteiger charge is 2.31. The van der Waals surface area contributed by atoms with Crippen LogP contribution in [-0.2, 0) is 22.1 Å². The van der Waals surface area contributed by atoms with E-state index in [0.29, 0.717) is 5.69 Å². The summed E-state index contributed by atoms with van der Waals surface area (Å²) in [6.45, 7) is 1.85. The third kappa shape index (κ3) is 3.62. The monoisotopic (exact) mass is 366 g/mol. The standard InChI is InChI=1S/C19H21F3N2O2/c1-12-9-15-16(23-18(25)11-26-2)7-4-8-17(15)24(12)14-6-3-5-13(10-14)19(20,21)22/h3,5-6,9-10,16H,4,7-8,11H2,1-2H3,(H,23,25). The Hall–Kier alpha value is -2.28. The third-order valence-electron chi connectivity index (χ3n) is 4.64. The average molecular weight is 366 g/mol. The van der Waals surface area contributed by atoms with Crippen molar-refractivity contribution in [1.82, 2.24) is 9.88 Å². The molecule has 26 heavy (non-hydrogen) atoms. The Morgan fingerprint density at radius 2 is 2.12 bits per heavy atom. The Bertz CT molecular complexity index is 812. The van der Waals surface area contributed by atoms with Crippen LogP contribution in [0.25, 0.3) is 5.69 Å². The van der Waals surface area contributed by atoms with Gasteiger partial charge < -0.3 is 14.6 Å². The highest BCUT2D eigenvalue weighted by Crippen LogP contribution is 2.36. The molecular weight excluding hydrogens is 345 g/mol. The first-order valence-corrected chi connectivity index (χ1v) is 8.48. The van der Waals surface area contributed by atoms with Crippen molar-refractivity contribution in [2.45, 2.75) is 38.4 Å². The number of nitrogens with zero attached hydrogens (tertiary/aromatic N) is 1. The molecule has 2 aromatic rings. The van der Waals surface area contributed by atoms with Crippen LogP contribution in [0.5, 0.6) is 0 Å². The second-order valence-electron chi connectivity index (χ2n) is 6.52. The van der Waals surface area contributed by atoms with Crippen LogP contribution in [0.15, 0.2) is 30.3 Å². The number of rotatable bonds is 4.